The van der Waals surface area contributed by atoms with Crippen LogP contribution in [0, 0.1) is 0 Å². The number of urea groups is 3. The van der Waals surface area contributed by atoms with E-state index >= 15 is 0 Å². The van der Waals surface area contributed by atoms with Crippen molar-refractivity contribution < 1.29 is 76.7 Å². The molecule has 7 heterocycles. The molecule has 9 rings (SSSR count). The van der Waals surface area contributed by atoms with Crippen molar-refractivity contribution in [3.8, 4) is 0 Å². The number of allylic oxidation sites excluding steroid dienone is 11. The number of nitrogens with one attached hydrogen (secondary N) is 4. The van der Waals surface area contributed by atoms with Gasteiger partial charge in [-0.3, -0.25) is 102 Å². The Labute approximate surface area is 605 Å². The predicted molar refractivity (Wildman–Crippen MR) is 393 cm³/mol. The van der Waals surface area contributed by atoms with Crippen LogP contribution in [-0.2, 0) is 57.5 Å². The summed E-state index contributed by atoms with van der Waals surface area (Å²) in [5, 5.41) is 14.8. The van der Waals surface area contributed by atoms with Gasteiger partial charge in [0.1, 0.15) is 34.1 Å². The lowest BCUT2D eigenvalue weighted by atomic mass is 9.89. The first-order valence-corrected chi connectivity index (χ1v) is 33.1. The fourth-order valence-electron chi connectivity index (χ4n) is 9.89. The summed E-state index contributed by atoms with van der Waals surface area (Å²) < 4.78 is 0. The number of rotatable bonds is 0. The van der Waals surface area contributed by atoms with Crippen LogP contribution in [0.3, 0.4) is 0 Å². The zero-order valence-corrected chi connectivity index (χ0v) is 65.0. The molecule has 0 aromatic rings. The molecule has 31 heteroatoms. The molecule has 0 aromatic heterocycles. The maximum atomic E-state index is 11.7. The molecule has 0 spiro atoms. The number of carbonyl (C=O) groups is 16. The number of ketones is 5. The highest BCUT2D eigenvalue weighted by Gasteiger charge is 2.39. The Hall–Kier alpha value is -9.75. The van der Waals surface area contributed by atoms with Gasteiger partial charge in [0, 0.05) is 79.3 Å². The summed E-state index contributed by atoms with van der Waals surface area (Å²) in [5.74, 6) is -2.09. The van der Waals surface area contributed by atoms with Gasteiger partial charge in [-0.25, -0.2) is 19.4 Å². The molecule has 548 valence electrons. The molecule has 0 atom stereocenters. The Bertz CT molecular complexity index is 3720. The van der Waals surface area contributed by atoms with Crippen LogP contribution in [0.2, 0.25) is 0 Å². The Kier molecular flexibility index (Phi) is 34.7. The highest BCUT2D eigenvalue weighted by Crippen LogP contribution is 2.27. The lowest BCUT2D eigenvalue weighted by molar-refractivity contribution is -0.135. The number of likely N-dealkylation sites (N-methyl/N-ethyl adjacent to an activating group) is 6. The fourth-order valence-corrected chi connectivity index (χ4v) is 11.2. The lowest BCUT2D eigenvalue weighted by Gasteiger charge is -2.32. The normalized spacial score (nSPS) is 17.8. The minimum Gasteiger partial charge on any atom is -0.307 e. The first kappa shape index (κ1) is 89.3. The van der Waals surface area contributed by atoms with E-state index < -0.39 is 23.9 Å². The number of imide groups is 4. The number of hydrogen-bond acceptors (Lipinski definition) is 21. The topological polar surface area (TPSA) is 365 Å². The van der Waals surface area contributed by atoms with E-state index in [0.29, 0.717) is 70.9 Å². The molecule has 7 fully saturated rings. The van der Waals surface area contributed by atoms with Crippen LogP contribution in [0.4, 0.5) is 19.2 Å². The third kappa shape index (κ3) is 24.2. The molecule has 9 aliphatic rings. The molecular weight excluding hydrogens is 1360 g/mol. The van der Waals surface area contributed by atoms with Gasteiger partial charge in [-0.05, 0) is 180 Å². The van der Waals surface area contributed by atoms with Gasteiger partial charge in [-0.15, -0.1) is 0 Å². The van der Waals surface area contributed by atoms with Gasteiger partial charge in [-0.1, -0.05) is 51.2 Å². The highest BCUT2D eigenvalue weighted by atomic mass is 32.2. The minimum atomic E-state index is -0.593. The van der Waals surface area contributed by atoms with Crippen molar-refractivity contribution in [2.24, 2.45) is 10.1 Å². The summed E-state index contributed by atoms with van der Waals surface area (Å²) in [6, 6.07) is -1.39. The maximum absolute atomic E-state index is 11.7. The van der Waals surface area contributed by atoms with Gasteiger partial charge < -0.3 is 10.6 Å². The van der Waals surface area contributed by atoms with Crippen LogP contribution >= 0.6 is 36.2 Å². The van der Waals surface area contributed by atoms with Crippen LogP contribution < -0.4 is 21.3 Å². The molecule has 2 aliphatic carbocycles. The van der Waals surface area contributed by atoms with E-state index in [1.54, 1.807) is 97.4 Å². The zero-order chi connectivity index (χ0) is 78.6. The van der Waals surface area contributed by atoms with Crippen molar-refractivity contribution >= 4 is 151 Å². The van der Waals surface area contributed by atoms with Crippen LogP contribution in [0.15, 0.2) is 110 Å². The van der Waals surface area contributed by atoms with E-state index in [4.69, 9.17) is 24.4 Å². The van der Waals surface area contributed by atoms with E-state index in [-0.39, 0.29) is 86.0 Å². The summed E-state index contributed by atoms with van der Waals surface area (Å²) in [5.41, 5.74) is 13.2. The molecule has 0 bridgehead atoms. The number of barbiturate groups is 1. The summed E-state index contributed by atoms with van der Waals surface area (Å²) in [6.07, 6.45) is 2.66. The Balaban J connectivity index is 0.000000570. The molecule has 4 N–H and O–H groups in total. The van der Waals surface area contributed by atoms with E-state index in [9.17, 15) is 76.7 Å². The van der Waals surface area contributed by atoms with Gasteiger partial charge in [0.15, 0.2) is 34.0 Å². The highest BCUT2D eigenvalue weighted by molar-refractivity contribution is 8.19. The van der Waals surface area contributed by atoms with Crippen molar-refractivity contribution in [1.29, 1.82) is 0 Å². The second-order valence-electron chi connectivity index (χ2n) is 25.3. The summed E-state index contributed by atoms with van der Waals surface area (Å²) in [7, 11) is 9.09. The molecule has 7 aliphatic heterocycles. The monoisotopic (exact) mass is 1450 g/mol. The number of thioether (sulfide) groups is 1. The number of carbonyl (C=O) groups excluding carboxylic acids is 16. The van der Waals surface area contributed by atoms with Crippen LogP contribution in [0.1, 0.15) is 171 Å². The maximum Gasteiger partial charge on any atom is 0.333 e. The Morgan fingerprint density at radius 2 is 0.782 bits per heavy atom. The molecule has 14 amide bonds. The average molecular weight is 1460 g/mol. The number of nitrogens with zero attached hydrogens (tertiary/aromatic N) is 8. The fraction of sp³-hybridized carbons (Fsp3) is 0.457. The zero-order valence-electron chi connectivity index (χ0n) is 62.6. The Morgan fingerprint density at radius 3 is 0.990 bits per heavy atom. The minimum absolute atomic E-state index is 0.00231. The third-order valence-corrected chi connectivity index (χ3v) is 16.9. The van der Waals surface area contributed by atoms with Crippen LogP contribution in [-0.4, -0.2) is 193 Å². The summed E-state index contributed by atoms with van der Waals surface area (Å²) in [4.78, 5) is 189. The smallest absolute Gasteiger partial charge is 0.307 e. The first-order valence-electron chi connectivity index (χ1n) is 31.5. The molecule has 0 aromatic carbocycles. The second-order valence-corrected chi connectivity index (χ2v) is 27.0. The number of Topliss-reactive ketones (excluding diaryl/α,β-unsaturated/α-hetero) is 5. The van der Waals surface area contributed by atoms with Gasteiger partial charge in [-0.2, -0.15) is 5.10 Å². The molecule has 101 heavy (non-hydrogen) atoms. The first-order chi connectivity index (χ1) is 46.4. The standard InChI is InChI=1S/C9H12N2O3.C9H12N2O2S.C9H12O2.C8H12N2O.C8H11NO.C8H10O2.C7H10N2O2.C6H8N2O2.C6H7NOS2/c2*1-5(2)6-7(12)10(3)9(14)11(4)8(6)13;1-6(2)9-7(10)4-3-5-8(9)11;1-5(2)7-6(3)9-10(4)8(7)11;1-5(2)8-6(3)9-4-7(8)10;1-5(2)8-6(9)3-4-7(8)10;1-4(2)5-6(10)8-7(11)9(5)3;1-3(2)4-5(9)8-6(10)7-4;1-3(2)4-5(9)7-6(8)10-4/h2*1-4H3;3-5H2,1-2H3;1-4H3;4H2,1-3H3;3-4H2,1-2H3;1-3H3,(H,8,10,11);1-2H3,(H2,7,8,9,10);1-2H3,(H,7,8,9). The van der Waals surface area contributed by atoms with Crippen molar-refractivity contribution in [3.05, 3.63) is 99.9 Å². The Morgan fingerprint density at radius 1 is 0.386 bits per heavy atom. The van der Waals surface area contributed by atoms with Gasteiger partial charge in [0.05, 0.1) is 27.3 Å². The van der Waals surface area contributed by atoms with E-state index in [2.05, 4.69) is 31.4 Å². The van der Waals surface area contributed by atoms with Gasteiger partial charge in [0.2, 0.25) is 0 Å². The number of hydrogen-bond donors (Lipinski definition) is 4. The van der Waals surface area contributed by atoms with E-state index in [1.165, 1.54) is 45.6 Å². The van der Waals surface area contributed by atoms with E-state index in [0.717, 1.165) is 82.7 Å². The van der Waals surface area contributed by atoms with E-state index in [1.807, 2.05) is 69.2 Å². The van der Waals surface area contributed by atoms with Crippen molar-refractivity contribution in [2.75, 3.05) is 48.8 Å². The summed E-state index contributed by atoms with van der Waals surface area (Å²) >= 11 is 11.0. The predicted octanol–water partition coefficient (Wildman–Crippen LogP) is 8.99. The number of hydrazone groups is 1. The third-order valence-electron chi connectivity index (χ3n) is 14.8. The van der Waals surface area contributed by atoms with Crippen molar-refractivity contribution in [2.45, 2.75) is 171 Å². The second kappa shape index (κ2) is 39.3. The molecular formula is C70H94N12O16S3. The van der Waals surface area contributed by atoms with Crippen molar-refractivity contribution in [1.82, 2.24) is 50.8 Å². The van der Waals surface area contributed by atoms with Crippen molar-refractivity contribution in [3.63, 3.8) is 0 Å². The van der Waals surface area contributed by atoms with Gasteiger partial charge >= 0.3 is 18.1 Å². The van der Waals surface area contributed by atoms with Crippen LogP contribution in [0.25, 0.3) is 0 Å². The molecule has 0 radical (unpaired) electrons. The molecule has 5 saturated heterocycles. The number of thiocarbonyl (C=S) groups is 2. The summed E-state index contributed by atoms with van der Waals surface area (Å²) in [6.45, 7) is 36.9. The number of aliphatic imine (C=N–C) groups is 1. The van der Waals surface area contributed by atoms with Crippen LogP contribution in [0.5, 0.6) is 0 Å². The SMILES string of the molecule is CC(C)=C1C(=O)CCC1=O.CC(C)=C1C(=O)CCCC1=O.CC(C)=C1C(=O)N(C)C(=O)N(C)C1=O.CC(C)=C1C(=O)N(C)C(=S)N(C)C1=O.CC(C)=C1C(=O)NC(=O)N1C.CC(C)=C1NC(=O)NC1=O.CC(C)=C1SC(=O)NC1=S.CC1=NCC(=O)C1=C(C)C.CC1=NN(C)C(=O)C1=C(C)C. The van der Waals surface area contributed by atoms with Gasteiger partial charge in [0.25, 0.3) is 46.6 Å². The lowest BCUT2D eigenvalue weighted by Crippen LogP contribution is -2.53. The molecule has 2 saturated carbocycles. The quantitative estimate of drug-likeness (QED) is 0.0760. The largest absolute Gasteiger partial charge is 0.333 e. The molecule has 0 unspecified atom stereocenters. The average Bonchev–Trinajstić information content (AvgIpc) is 1.77. The molecule has 28 nitrogen and oxygen atoms in total. The number of amides is 14.